The molecule has 4 nitrogen and oxygen atoms in total. The predicted octanol–water partition coefficient (Wildman–Crippen LogP) is 4.54. The molecule has 3 aromatic rings. The number of carbonyl (C=O) groups excluding carboxylic acids is 1. The molecule has 4 rings (SSSR count). The summed E-state index contributed by atoms with van der Waals surface area (Å²) in [6, 6.07) is 20.1. The van der Waals surface area contributed by atoms with Crippen molar-refractivity contribution < 1.29 is 4.79 Å². The van der Waals surface area contributed by atoms with Crippen LogP contribution in [0, 0.1) is 0 Å². The first kappa shape index (κ1) is 16.1. The molecular weight excluding hydrogens is 330 g/mol. The first-order valence-electron chi connectivity index (χ1n) is 8.58. The first-order valence-corrected chi connectivity index (χ1v) is 9.46. The zero-order chi connectivity index (χ0) is 17.1. The normalized spacial score (nSPS) is 17.6. The molecule has 2 aromatic carbocycles. The van der Waals surface area contributed by atoms with Gasteiger partial charge < -0.3 is 0 Å². The number of carbonyl (C=O) groups is 1. The predicted molar refractivity (Wildman–Crippen MR) is 99.9 cm³/mol. The number of para-hydroxylation sites is 1. The van der Waals surface area contributed by atoms with Crippen molar-refractivity contribution in [3.63, 3.8) is 0 Å². The summed E-state index contributed by atoms with van der Waals surface area (Å²) in [6.45, 7) is 0. The number of aromatic nitrogens is 3. The van der Waals surface area contributed by atoms with E-state index >= 15 is 0 Å². The second-order valence-corrected chi connectivity index (χ2v) is 7.33. The number of hydrogen-bond donors (Lipinski definition) is 0. The van der Waals surface area contributed by atoms with E-state index in [1.807, 2.05) is 60.7 Å². The Bertz CT molecular complexity index is 861. The summed E-state index contributed by atoms with van der Waals surface area (Å²) in [5, 5.41) is 9.63. The summed E-state index contributed by atoms with van der Waals surface area (Å²) in [5.74, 6) is 1.14. The van der Waals surface area contributed by atoms with Crippen LogP contribution < -0.4 is 0 Å². The average molecular weight is 349 g/mol. The topological polar surface area (TPSA) is 47.8 Å². The van der Waals surface area contributed by atoms with Gasteiger partial charge in [-0.25, -0.2) is 0 Å². The molecule has 5 heteroatoms. The number of ketones is 1. The van der Waals surface area contributed by atoms with Crippen molar-refractivity contribution in [1.82, 2.24) is 14.8 Å². The molecule has 0 saturated heterocycles. The second kappa shape index (κ2) is 7.23. The molecule has 1 saturated carbocycles. The summed E-state index contributed by atoms with van der Waals surface area (Å²) in [5.41, 5.74) is 2.03. The molecule has 1 aliphatic rings. The first-order chi connectivity index (χ1) is 12.3. The molecule has 0 spiro atoms. The SMILES string of the molecule is O=C1CCCCC1Sc1nnc(-c2ccccc2)n1-c1ccccc1. The number of rotatable bonds is 4. The van der Waals surface area contributed by atoms with Crippen molar-refractivity contribution in [3.8, 4) is 17.1 Å². The van der Waals surface area contributed by atoms with Gasteiger partial charge in [-0.2, -0.15) is 0 Å². The number of hydrogen-bond acceptors (Lipinski definition) is 4. The van der Waals surface area contributed by atoms with Crippen molar-refractivity contribution >= 4 is 17.5 Å². The van der Waals surface area contributed by atoms with Gasteiger partial charge in [0.15, 0.2) is 11.0 Å². The molecule has 1 heterocycles. The van der Waals surface area contributed by atoms with Gasteiger partial charge in [-0.05, 0) is 25.0 Å². The largest absolute Gasteiger partial charge is 0.298 e. The van der Waals surface area contributed by atoms with E-state index in [0.29, 0.717) is 12.2 Å². The highest BCUT2D eigenvalue weighted by atomic mass is 32.2. The molecule has 0 N–H and O–H groups in total. The van der Waals surface area contributed by atoms with E-state index in [1.54, 1.807) is 11.8 Å². The zero-order valence-corrected chi connectivity index (χ0v) is 14.7. The minimum absolute atomic E-state index is 0.0102. The van der Waals surface area contributed by atoms with Gasteiger partial charge in [-0.1, -0.05) is 66.7 Å². The molecule has 25 heavy (non-hydrogen) atoms. The number of thioether (sulfide) groups is 1. The fourth-order valence-corrected chi connectivity index (χ4v) is 4.31. The Balaban J connectivity index is 1.77. The molecule has 1 aromatic heterocycles. The second-order valence-electron chi connectivity index (χ2n) is 6.16. The fraction of sp³-hybridized carbons (Fsp3) is 0.250. The Kier molecular flexibility index (Phi) is 4.65. The van der Waals surface area contributed by atoms with Crippen LogP contribution in [0.2, 0.25) is 0 Å². The van der Waals surface area contributed by atoms with Crippen molar-refractivity contribution in [3.05, 3.63) is 60.7 Å². The highest BCUT2D eigenvalue weighted by Gasteiger charge is 2.26. The van der Waals surface area contributed by atoms with Gasteiger partial charge in [0.1, 0.15) is 5.78 Å². The van der Waals surface area contributed by atoms with Gasteiger partial charge in [0.2, 0.25) is 0 Å². The van der Waals surface area contributed by atoms with E-state index in [4.69, 9.17) is 0 Å². The number of nitrogens with zero attached hydrogens (tertiary/aromatic N) is 3. The molecule has 0 bridgehead atoms. The van der Waals surface area contributed by atoms with Crippen LogP contribution in [-0.4, -0.2) is 25.8 Å². The van der Waals surface area contributed by atoms with Gasteiger partial charge in [-0.3, -0.25) is 9.36 Å². The van der Waals surface area contributed by atoms with Crippen LogP contribution in [0.15, 0.2) is 65.8 Å². The third-order valence-electron chi connectivity index (χ3n) is 4.43. The lowest BCUT2D eigenvalue weighted by molar-refractivity contribution is -0.119. The quantitative estimate of drug-likeness (QED) is 0.694. The highest BCUT2D eigenvalue weighted by Crippen LogP contribution is 2.34. The molecule has 1 atom stereocenters. The van der Waals surface area contributed by atoms with Crippen molar-refractivity contribution in [2.75, 3.05) is 0 Å². The maximum Gasteiger partial charge on any atom is 0.196 e. The van der Waals surface area contributed by atoms with Crippen LogP contribution in [-0.2, 0) is 4.79 Å². The lowest BCUT2D eigenvalue weighted by Crippen LogP contribution is -2.21. The van der Waals surface area contributed by atoms with Crippen LogP contribution in [0.3, 0.4) is 0 Å². The molecule has 0 aliphatic heterocycles. The van der Waals surface area contributed by atoms with Crippen molar-refractivity contribution in [2.24, 2.45) is 0 Å². The Labute approximate surface area is 151 Å². The summed E-state index contributed by atoms with van der Waals surface area (Å²) < 4.78 is 2.06. The van der Waals surface area contributed by atoms with Gasteiger partial charge in [0, 0.05) is 17.7 Å². The average Bonchev–Trinajstić information content (AvgIpc) is 3.09. The Morgan fingerprint density at radius 3 is 2.36 bits per heavy atom. The van der Waals surface area contributed by atoms with Gasteiger partial charge in [0.05, 0.1) is 5.25 Å². The van der Waals surface area contributed by atoms with E-state index in [9.17, 15) is 4.79 Å². The van der Waals surface area contributed by atoms with Crippen LogP contribution in [0.5, 0.6) is 0 Å². The van der Waals surface area contributed by atoms with Crippen LogP contribution in [0.25, 0.3) is 17.1 Å². The van der Waals surface area contributed by atoms with Gasteiger partial charge >= 0.3 is 0 Å². The third kappa shape index (κ3) is 3.37. The summed E-state index contributed by atoms with van der Waals surface area (Å²) in [7, 11) is 0. The minimum atomic E-state index is -0.0102. The van der Waals surface area contributed by atoms with Gasteiger partial charge in [-0.15, -0.1) is 10.2 Å². The Morgan fingerprint density at radius 2 is 1.64 bits per heavy atom. The molecule has 0 amide bonds. The Morgan fingerprint density at radius 1 is 0.920 bits per heavy atom. The van der Waals surface area contributed by atoms with E-state index in [1.165, 1.54) is 0 Å². The maximum atomic E-state index is 12.2. The van der Waals surface area contributed by atoms with Crippen LogP contribution in [0.1, 0.15) is 25.7 Å². The third-order valence-corrected chi connectivity index (χ3v) is 5.68. The molecule has 0 radical (unpaired) electrons. The maximum absolute atomic E-state index is 12.2. The Hall–Kier alpha value is -2.40. The van der Waals surface area contributed by atoms with E-state index in [2.05, 4.69) is 14.8 Å². The van der Waals surface area contributed by atoms with Crippen LogP contribution >= 0.6 is 11.8 Å². The molecule has 1 fully saturated rings. The van der Waals surface area contributed by atoms with E-state index < -0.39 is 0 Å². The molecular formula is C20H19N3OS. The van der Waals surface area contributed by atoms with E-state index in [0.717, 1.165) is 41.5 Å². The highest BCUT2D eigenvalue weighted by molar-refractivity contribution is 8.00. The summed E-state index contributed by atoms with van der Waals surface area (Å²) >= 11 is 1.55. The molecule has 1 unspecified atom stereocenters. The standard InChI is InChI=1S/C20H19N3OS/c24-17-13-7-8-14-18(17)25-20-22-21-19(15-9-3-1-4-10-15)23(20)16-11-5-2-6-12-16/h1-6,9-12,18H,7-8,13-14H2. The lowest BCUT2D eigenvalue weighted by Gasteiger charge is -2.19. The lowest BCUT2D eigenvalue weighted by atomic mass is 9.99. The summed E-state index contributed by atoms with van der Waals surface area (Å²) in [4.78, 5) is 12.2. The van der Waals surface area contributed by atoms with Gasteiger partial charge in [0.25, 0.3) is 0 Å². The van der Waals surface area contributed by atoms with Crippen molar-refractivity contribution in [2.45, 2.75) is 36.1 Å². The van der Waals surface area contributed by atoms with Crippen LogP contribution in [0.4, 0.5) is 0 Å². The molecule has 1 aliphatic carbocycles. The molecule has 126 valence electrons. The fourth-order valence-electron chi connectivity index (χ4n) is 3.13. The van der Waals surface area contributed by atoms with E-state index in [-0.39, 0.29) is 5.25 Å². The summed E-state index contributed by atoms with van der Waals surface area (Å²) in [6.07, 6.45) is 3.72. The number of Topliss-reactive ketones (excluding diaryl/α,β-unsaturated/α-hetero) is 1. The number of benzene rings is 2. The van der Waals surface area contributed by atoms with Crippen molar-refractivity contribution in [1.29, 1.82) is 0 Å². The zero-order valence-electron chi connectivity index (χ0n) is 13.8. The minimum Gasteiger partial charge on any atom is -0.298 e. The monoisotopic (exact) mass is 349 g/mol. The smallest absolute Gasteiger partial charge is 0.196 e.